The van der Waals surface area contributed by atoms with E-state index in [2.05, 4.69) is 5.32 Å². The number of amides is 1. The zero-order valence-electron chi connectivity index (χ0n) is 22.0. The normalized spacial score (nSPS) is 14.2. The van der Waals surface area contributed by atoms with Gasteiger partial charge in [-0.05, 0) is 80.6 Å². The Hall–Kier alpha value is -3.06. The molecule has 0 aromatic heterocycles. The first kappa shape index (κ1) is 28.9. The van der Waals surface area contributed by atoms with Crippen LogP contribution in [-0.2, 0) is 24.8 Å². The fourth-order valence-electron chi connectivity index (χ4n) is 4.24. The van der Waals surface area contributed by atoms with Gasteiger partial charge in [0.15, 0.2) is 0 Å². The molecule has 1 saturated heterocycles. The molecule has 0 radical (unpaired) electrons. The quantitative estimate of drug-likeness (QED) is 0.350. The van der Waals surface area contributed by atoms with Crippen LogP contribution in [0.3, 0.4) is 0 Å². The monoisotopic (exact) mass is 589 g/mol. The summed E-state index contributed by atoms with van der Waals surface area (Å²) in [5.74, 6) is -0.407. The third kappa shape index (κ3) is 6.40. The first-order chi connectivity index (χ1) is 18.6. The lowest BCUT2D eigenvalue weighted by molar-refractivity contribution is -0.114. The van der Waals surface area contributed by atoms with Crippen molar-refractivity contribution in [2.24, 2.45) is 0 Å². The van der Waals surface area contributed by atoms with Crippen LogP contribution in [0.2, 0.25) is 0 Å². The van der Waals surface area contributed by atoms with Gasteiger partial charge >= 0.3 is 0 Å². The van der Waals surface area contributed by atoms with Gasteiger partial charge in [0.25, 0.3) is 10.0 Å². The summed E-state index contributed by atoms with van der Waals surface area (Å²) in [5.41, 5.74) is 1.39. The Balaban J connectivity index is 1.65. The molecular formula is C27H31N3O6S3. The largest absolute Gasteiger partial charge is 0.495 e. The Morgan fingerprint density at radius 1 is 0.949 bits per heavy atom. The topological polar surface area (TPSA) is 113 Å². The molecule has 39 heavy (non-hydrogen) atoms. The molecule has 1 heterocycles. The number of methoxy groups -OCH3 is 1. The molecule has 0 atom stereocenters. The highest BCUT2D eigenvalue weighted by molar-refractivity contribution is 7.98. The number of ether oxygens (including phenoxy) is 1. The molecule has 0 bridgehead atoms. The smallest absolute Gasteiger partial charge is 0.264 e. The Morgan fingerprint density at radius 2 is 1.56 bits per heavy atom. The molecule has 0 aliphatic carbocycles. The Kier molecular flexibility index (Phi) is 8.90. The second-order valence-electron chi connectivity index (χ2n) is 9.04. The molecule has 1 aliphatic rings. The van der Waals surface area contributed by atoms with E-state index in [1.54, 1.807) is 36.4 Å². The molecule has 4 rings (SSSR count). The number of carbonyl (C=O) groups is 1. The zero-order chi connectivity index (χ0) is 28.2. The van der Waals surface area contributed by atoms with Gasteiger partial charge in [0.05, 0.1) is 28.3 Å². The van der Waals surface area contributed by atoms with Crippen LogP contribution >= 0.6 is 11.8 Å². The van der Waals surface area contributed by atoms with Crippen molar-refractivity contribution in [3.63, 3.8) is 0 Å². The molecule has 0 unspecified atom stereocenters. The summed E-state index contributed by atoms with van der Waals surface area (Å²) in [5, 5.41) is 2.66. The van der Waals surface area contributed by atoms with Crippen LogP contribution in [0.25, 0.3) is 0 Å². The van der Waals surface area contributed by atoms with Gasteiger partial charge in [-0.3, -0.25) is 9.10 Å². The molecule has 1 aliphatic heterocycles. The van der Waals surface area contributed by atoms with E-state index < -0.39 is 32.5 Å². The maximum Gasteiger partial charge on any atom is 0.264 e. The molecular weight excluding hydrogens is 559 g/mol. The van der Waals surface area contributed by atoms with Crippen LogP contribution in [0.15, 0.2) is 81.4 Å². The predicted molar refractivity (Wildman–Crippen MR) is 154 cm³/mol. The van der Waals surface area contributed by atoms with Gasteiger partial charge < -0.3 is 10.1 Å². The van der Waals surface area contributed by atoms with Gasteiger partial charge in [0.2, 0.25) is 15.9 Å². The highest BCUT2D eigenvalue weighted by Crippen LogP contribution is 2.31. The first-order valence-corrected chi connectivity index (χ1v) is 16.4. The lowest BCUT2D eigenvalue weighted by Crippen LogP contribution is -2.38. The lowest BCUT2D eigenvalue weighted by atomic mass is 10.2. The fourth-order valence-corrected chi connectivity index (χ4v) is 7.62. The second kappa shape index (κ2) is 12.0. The van der Waals surface area contributed by atoms with E-state index in [0.717, 1.165) is 27.6 Å². The van der Waals surface area contributed by atoms with Gasteiger partial charge in [-0.25, -0.2) is 16.8 Å². The van der Waals surface area contributed by atoms with Crippen molar-refractivity contribution in [1.82, 2.24) is 4.31 Å². The number of carbonyl (C=O) groups excluding carboxylic acids is 1. The molecule has 9 nitrogen and oxygen atoms in total. The zero-order valence-corrected chi connectivity index (χ0v) is 24.4. The molecule has 208 valence electrons. The van der Waals surface area contributed by atoms with Gasteiger partial charge in [-0.15, -0.1) is 11.8 Å². The number of nitrogens with zero attached hydrogens (tertiary/aromatic N) is 2. The van der Waals surface area contributed by atoms with Crippen molar-refractivity contribution in [1.29, 1.82) is 0 Å². The van der Waals surface area contributed by atoms with E-state index in [1.807, 2.05) is 13.2 Å². The van der Waals surface area contributed by atoms with Crippen LogP contribution in [0.4, 0.5) is 11.4 Å². The number of hydrogen-bond donors (Lipinski definition) is 1. The van der Waals surface area contributed by atoms with E-state index in [4.69, 9.17) is 4.74 Å². The van der Waals surface area contributed by atoms with Gasteiger partial charge in [0, 0.05) is 18.0 Å². The molecule has 0 saturated carbocycles. The lowest BCUT2D eigenvalue weighted by Gasteiger charge is -2.24. The Labute approximate surface area is 234 Å². The summed E-state index contributed by atoms with van der Waals surface area (Å²) in [7, 11) is -6.44. The van der Waals surface area contributed by atoms with Gasteiger partial charge in [-0.1, -0.05) is 17.7 Å². The van der Waals surface area contributed by atoms with E-state index in [1.165, 1.54) is 53.5 Å². The number of hydrogen-bond acceptors (Lipinski definition) is 7. The summed E-state index contributed by atoms with van der Waals surface area (Å²) in [6.45, 7) is 2.22. The van der Waals surface area contributed by atoms with E-state index in [-0.39, 0.29) is 21.2 Å². The number of anilines is 2. The molecule has 1 N–H and O–H groups in total. The predicted octanol–water partition coefficient (Wildman–Crippen LogP) is 4.34. The number of rotatable bonds is 10. The molecule has 12 heteroatoms. The Bertz CT molecular complexity index is 1530. The van der Waals surface area contributed by atoms with Crippen LogP contribution in [0.5, 0.6) is 5.75 Å². The highest BCUT2D eigenvalue weighted by Gasteiger charge is 2.30. The average molecular weight is 590 g/mol. The maximum atomic E-state index is 13.7. The van der Waals surface area contributed by atoms with Gasteiger partial charge in [0.1, 0.15) is 12.3 Å². The molecule has 1 fully saturated rings. The van der Waals surface area contributed by atoms with Crippen LogP contribution in [0, 0.1) is 6.92 Å². The number of aryl methyl sites for hydroxylation is 1. The van der Waals surface area contributed by atoms with E-state index in [9.17, 15) is 21.6 Å². The summed E-state index contributed by atoms with van der Waals surface area (Å²) in [6.07, 6.45) is 3.48. The summed E-state index contributed by atoms with van der Waals surface area (Å²) < 4.78 is 61.3. The number of sulfonamides is 2. The third-order valence-corrected chi connectivity index (χ3v) is 10.8. The highest BCUT2D eigenvalue weighted by atomic mass is 32.2. The summed E-state index contributed by atoms with van der Waals surface area (Å²) >= 11 is 1.49. The van der Waals surface area contributed by atoms with Crippen LogP contribution in [-0.4, -0.2) is 60.0 Å². The van der Waals surface area contributed by atoms with Crippen molar-refractivity contribution in [2.45, 2.75) is 34.5 Å². The van der Waals surface area contributed by atoms with Crippen LogP contribution < -0.4 is 14.4 Å². The fraction of sp³-hybridized carbons (Fsp3) is 0.296. The number of benzene rings is 3. The number of thioether (sulfide) groups is 1. The molecule has 3 aromatic carbocycles. The van der Waals surface area contributed by atoms with Crippen molar-refractivity contribution in [3.05, 3.63) is 72.3 Å². The maximum absolute atomic E-state index is 13.7. The minimum Gasteiger partial charge on any atom is -0.495 e. The summed E-state index contributed by atoms with van der Waals surface area (Å²) in [4.78, 5) is 14.3. The van der Waals surface area contributed by atoms with Gasteiger partial charge in [-0.2, -0.15) is 4.31 Å². The third-order valence-electron chi connectivity index (χ3n) is 6.40. The number of nitrogens with one attached hydrogen (secondary N) is 1. The molecule has 0 spiro atoms. The van der Waals surface area contributed by atoms with Crippen LogP contribution in [0.1, 0.15) is 18.4 Å². The average Bonchev–Trinajstić information content (AvgIpc) is 3.48. The van der Waals surface area contributed by atoms with Crippen molar-refractivity contribution < 1.29 is 26.4 Å². The molecule has 1 amide bonds. The van der Waals surface area contributed by atoms with E-state index in [0.29, 0.717) is 18.8 Å². The SMILES string of the molecule is COc1ccc(S(=O)(=O)N2CCCC2)cc1NC(=O)CN(c1ccc(C)cc1)S(=O)(=O)c1ccc(SC)cc1. The van der Waals surface area contributed by atoms with Crippen molar-refractivity contribution in [2.75, 3.05) is 42.6 Å². The second-order valence-corrected chi connectivity index (χ2v) is 13.7. The first-order valence-electron chi connectivity index (χ1n) is 12.3. The molecule has 3 aromatic rings. The minimum atomic E-state index is -4.11. The standard InChI is InChI=1S/C27H31N3O6S3/c1-20-6-8-21(9-7-20)30(39(34,35)23-12-10-22(37-3)11-13-23)19-27(31)28-25-18-24(14-15-26(25)36-2)38(32,33)29-16-4-5-17-29/h6-15,18H,4-5,16-17,19H2,1-3H3,(H,28,31). The summed E-state index contributed by atoms with van der Waals surface area (Å²) in [6, 6.07) is 17.5. The van der Waals surface area contributed by atoms with Crippen molar-refractivity contribution >= 4 is 49.1 Å². The van der Waals surface area contributed by atoms with E-state index >= 15 is 0 Å². The minimum absolute atomic E-state index is 0.0254. The Morgan fingerprint density at radius 3 is 2.15 bits per heavy atom. The van der Waals surface area contributed by atoms with Crippen molar-refractivity contribution in [3.8, 4) is 5.75 Å².